The molecule has 0 N–H and O–H groups in total. The van der Waals surface area contributed by atoms with Crippen LogP contribution in [0.4, 0.5) is 5.69 Å². The Morgan fingerprint density at radius 1 is 0.925 bits per heavy atom. The molecule has 0 aromatic heterocycles. The van der Waals surface area contributed by atoms with Crippen LogP contribution in [-0.2, 0) is 20.9 Å². The maximum Gasteiger partial charge on any atom is 0.269 e. The number of carbonyl (C=O) groups excluding carboxylic acids is 2. The molecule has 2 aliphatic carbocycles. The van der Waals surface area contributed by atoms with Gasteiger partial charge in [0.15, 0.2) is 23.1 Å². The number of nitrogens with zero attached hydrogens (tertiary/aromatic N) is 2. The van der Waals surface area contributed by atoms with E-state index in [1.165, 1.54) is 12.1 Å². The summed E-state index contributed by atoms with van der Waals surface area (Å²) in [5.41, 5.74) is 4.93. The number of nitro groups is 1. The van der Waals surface area contributed by atoms with Crippen molar-refractivity contribution in [2.75, 3.05) is 26.9 Å². The zero-order chi connectivity index (χ0) is 28.2. The Hall–Kier alpha value is -3.98. The van der Waals surface area contributed by atoms with Gasteiger partial charge in [-0.15, -0.1) is 0 Å². The molecule has 0 unspecified atom stereocenters. The smallest absolute Gasteiger partial charge is 0.269 e. The number of benzene rings is 2. The van der Waals surface area contributed by atoms with E-state index >= 15 is 0 Å². The fourth-order valence-corrected chi connectivity index (χ4v) is 6.01. The molecule has 3 aliphatic rings. The Morgan fingerprint density at radius 3 is 2.25 bits per heavy atom. The van der Waals surface area contributed by atoms with Gasteiger partial charge in [-0.05, 0) is 55.9 Å². The van der Waals surface area contributed by atoms with Crippen LogP contribution in [0.25, 0.3) is 0 Å². The Balaban J connectivity index is 1.54. The molecule has 0 amide bonds. The van der Waals surface area contributed by atoms with E-state index in [1.807, 2.05) is 19.1 Å². The quantitative estimate of drug-likeness (QED) is 0.279. The van der Waals surface area contributed by atoms with Crippen molar-refractivity contribution in [2.45, 2.75) is 58.0 Å². The first-order valence-corrected chi connectivity index (χ1v) is 13.8. The van der Waals surface area contributed by atoms with Crippen LogP contribution in [0.1, 0.15) is 62.5 Å². The fraction of sp³-hybridized carbons (Fsp3) is 0.419. The number of rotatable bonds is 10. The highest BCUT2D eigenvalue weighted by Crippen LogP contribution is 2.50. The summed E-state index contributed by atoms with van der Waals surface area (Å²) in [5.74, 6) is 0.713. The molecule has 5 rings (SSSR count). The highest BCUT2D eigenvalue weighted by atomic mass is 16.6. The van der Waals surface area contributed by atoms with Crippen molar-refractivity contribution in [1.82, 2.24) is 4.90 Å². The van der Waals surface area contributed by atoms with Gasteiger partial charge in [-0.25, -0.2) is 0 Å². The average Bonchev–Trinajstić information content (AvgIpc) is 2.95. The summed E-state index contributed by atoms with van der Waals surface area (Å²) in [6.07, 6.45) is 4.09. The molecule has 0 atom stereocenters. The Kier molecular flexibility index (Phi) is 8.30. The van der Waals surface area contributed by atoms with Gasteiger partial charge in [-0.1, -0.05) is 18.2 Å². The summed E-state index contributed by atoms with van der Waals surface area (Å²) in [5, 5.41) is 11.2. The summed E-state index contributed by atoms with van der Waals surface area (Å²) >= 11 is 0. The van der Waals surface area contributed by atoms with Crippen molar-refractivity contribution in [1.29, 1.82) is 0 Å². The second kappa shape index (κ2) is 12.0. The van der Waals surface area contributed by atoms with E-state index in [1.54, 1.807) is 25.3 Å². The number of Topliss-reactive ketones (excluding diaryl/α,β-unsaturated/α-hetero) is 2. The predicted octanol–water partition coefficient (Wildman–Crippen LogP) is 5.63. The zero-order valence-electron chi connectivity index (χ0n) is 22.9. The third-order valence-corrected chi connectivity index (χ3v) is 7.72. The number of ketones is 2. The summed E-state index contributed by atoms with van der Waals surface area (Å²) in [6, 6.07) is 11.9. The molecule has 0 bridgehead atoms. The van der Waals surface area contributed by atoms with Crippen LogP contribution < -0.4 is 9.47 Å². The van der Waals surface area contributed by atoms with Crippen LogP contribution in [0.15, 0.2) is 65.0 Å². The molecule has 2 aromatic carbocycles. The second-order valence-corrected chi connectivity index (χ2v) is 10.2. The van der Waals surface area contributed by atoms with E-state index in [2.05, 4.69) is 4.90 Å². The average molecular weight is 547 g/mol. The lowest BCUT2D eigenvalue weighted by atomic mass is 9.71. The van der Waals surface area contributed by atoms with Crippen molar-refractivity contribution in [3.05, 3.63) is 86.2 Å². The molecule has 0 saturated heterocycles. The molecule has 0 fully saturated rings. The Labute approximate surface area is 233 Å². The lowest BCUT2D eigenvalue weighted by Gasteiger charge is -2.44. The van der Waals surface area contributed by atoms with Crippen LogP contribution in [0.2, 0.25) is 0 Å². The van der Waals surface area contributed by atoms with Gasteiger partial charge in [0.1, 0.15) is 6.61 Å². The second-order valence-electron chi connectivity index (χ2n) is 10.2. The topological polar surface area (TPSA) is 108 Å². The summed E-state index contributed by atoms with van der Waals surface area (Å²) in [6.45, 7) is 3.51. The fourth-order valence-electron chi connectivity index (χ4n) is 6.01. The van der Waals surface area contributed by atoms with Gasteiger partial charge in [0.05, 0.1) is 18.1 Å². The van der Waals surface area contributed by atoms with Crippen molar-refractivity contribution in [2.24, 2.45) is 0 Å². The third-order valence-electron chi connectivity index (χ3n) is 7.72. The zero-order valence-corrected chi connectivity index (χ0v) is 22.9. The molecule has 40 heavy (non-hydrogen) atoms. The predicted molar refractivity (Wildman–Crippen MR) is 148 cm³/mol. The van der Waals surface area contributed by atoms with E-state index in [0.29, 0.717) is 60.8 Å². The minimum Gasteiger partial charge on any atom is -0.490 e. The van der Waals surface area contributed by atoms with E-state index in [0.717, 1.165) is 42.6 Å². The highest BCUT2D eigenvalue weighted by molar-refractivity contribution is 6.06. The molecule has 0 radical (unpaired) electrons. The van der Waals surface area contributed by atoms with Crippen molar-refractivity contribution >= 4 is 17.3 Å². The summed E-state index contributed by atoms with van der Waals surface area (Å²) < 4.78 is 17.4. The van der Waals surface area contributed by atoms with Crippen LogP contribution in [-0.4, -0.2) is 48.3 Å². The molecule has 0 spiro atoms. The molecule has 0 saturated carbocycles. The first-order chi connectivity index (χ1) is 19.4. The molecule has 1 heterocycles. The molecule has 2 aromatic rings. The van der Waals surface area contributed by atoms with Crippen molar-refractivity contribution < 1.29 is 28.7 Å². The van der Waals surface area contributed by atoms with E-state index < -0.39 is 10.8 Å². The molecule has 9 nitrogen and oxygen atoms in total. The number of nitro benzene ring substituents is 1. The van der Waals surface area contributed by atoms with Crippen LogP contribution in [0.5, 0.6) is 11.5 Å². The van der Waals surface area contributed by atoms with Gasteiger partial charge in [0, 0.05) is 67.1 Å². The monoisotopic (exact) mass is 546 g/mol. The van der Waals surface area contributed by atoms with Crippen LogP contribution in [0.3, 0.4) is 0 Å². The number of allylic oxidation sites excluding steroid dienone is 4. The first kappa shape index (κ1) is 27.6. The number of carbonyl (C=O) groups is 2. The number of hydrogen-bond donors (Lipinski definition) is 0. The van der Waals surface area contributed by atoms with Gasteiger partial charge < -0.3 is 19.1 Å². The van der Waals surface area contributed by atoms with E-state index in [9.17, 15) is 19.7 Å². The lowest BCUT2D eigenvalue weighted by Crippen LogP contribution is -2.40. The summed E-state index contributed by atoms with van der Waals surface area (Å²) in [7, 11) is 1.66. The number of methoxy groups -OCH3 is 1. The summed E-state index contributed by atoms with van der Waals surface area (Å²) in [4.78, 5) is 39.8. The van der Waals surface area contributed by atoms with Gasteiger partial charge >= 0.3 is 0 Å². The van der Waals surface area contributed by atoms with Crippen LogP contribution >= 0.6 is 0 Å². The third kappa shape index (κ3) is 5.38. The number of hydrogen-bond acceptors (Lipinski definition) is 8. The van der Waals surface area contributed by atoms with E-state index in [4.69, 9.17) is 14.2 Å². The molecular formula is C31H34N2O7. The van der Waals surface area contributed by atoms with Gasteiger partial charge in [0.25, 0.3) is 5.69 Å². The minimum absolute atomic E-state index is 0.000720. The maximum absolute atomic E-state index is 13.5. The SMILES string of the molecule is CCOc1cc(C2C3=C(CCCC3=O)N(CCOC)C3=C2C(=O)CCC3)ccc1OCc1cccc([N+](=O)[O-])c1. The van der Waals surface area contributed by atoms with E-state index in [-0.39, 0.29) is 23.9 Å². The van der Waals surface area contributed by atoms with Crippen LogP contribution in [0, 0.1) is 10.1 Å². The van der Waals surface area contributed by atoms with Crippen molar-refractivity contribution in [3.8, 4) is 11.5 Å². The standard InChI is InChI=1S/C31H34N2O7/c1-3-39-28-18-21(13-14-27(28)40-19-20-7-4-8-22(17-20)33(36)37)29-30-23(9-5-11-25(30)34)32(15-16-38-2)24-10-6-12-26(35)31(24)29/h4,7-8,13-14,17-18,29H,3,5-6,9-12,15-16,19H2,1-2H3. The minimum atomic E-state index is -0.450. The number of non-ortho nitro benzene ring substituents is 1. The molecule has 210 valence electrons. The maximum atomic E-state index is 13.5. The lowest BCUT2D eigenvalue weighted by molar-refractivity contribution is -0.384. The largest absolute Gasteiger partial charge is 0.490 e. The molecule has 1 aliphatic heterocycles. The van der Waals surface area contributed by atoms with Gasteiger partial charge in [0.2, 0.25) is 0 Å². The van der Waals surface area contributed by atoms with Gasteiger partial charge in [-0.3, -0.25) is 19.7 Å². The molecule has 9 heteroatoms. The normalized spacial score (nSPS) is 17.6. The number of ether oxygens (including phenoxy) is 3. The Bertz CT molecular complexity index is 1350. The van der Waals surface area contributed by atoms with Crippen molar-refractivity contribution in [3.63, 3.8) is 0 Å². The highest BCUT2D eigenvalue weighted by Gasteiger charge is 2.43. The van der Waals surface area contributed by atoms with Gasteiger partial charge in [-0.2, -0.15) is 0 Å². The molecular weight excluding hydrogens is 512 g/mol. The first-order valence-electron chi connectivity index (χ1n) is 13.8. The Morgan fingerprint density at radius 2 is 1.62 bits per heavy atom.